The highest BCUT2D eigenvalue weighted by Crippen LogP contribution is 2.15. The molecule has 0 radical (unpaired) electrons. The quantitative estimate of drug-likeness (QED) is 0.824. The van der Waals surface area contributed by atoms with E-state index >= 15 is 0 Å². The molecule has 1 aromatic carbocycles. The average molecular weight is 304 g/mol. The zero-order valence-corrected chi connectivity index (χ0v) is 13.7. The van der Waals surface area contributed by atoms with E-state index in [1.165, 1.54) is 11.1 Å². The highest BCUT2D eigenvalue weighted by Gasteiger charge is 2.08. The summed E-state index contributed by atoms with van der Waals surface area (Å²) in [5, 5.41) is 4.17. The molecule has 1 heterocycles. The summed E-state index contributed by atoms with van der Waals surface area (Å²) >= 11 is 5.91. The first kappa shape index (κ1) is 15.9. The molecule has 0 unspecified atom stereocenters. The highest BCUT2D eigenvalue weighted by atomic mass is 35.5. The maximum absolute atomic E-state index is 5.91. The van der Waals surface area contributed by atoms with Crippen molar-refractivity contribution in [2.75, 3.05) is 6.54 Å². The standard InChI is InChI=1S/C17H22ClN3/c1-4-9-19-11-16-12(2)20-17(21-13(16)3)10-14-5-7-15(18)8-6-14/h5-8,19H,4,9-11H2,1-3H3. The maximum Gasteiger partial charge on any atom is 0.133 e. The van der Waals surface area contributed by atoms with E-state index < -0.39 is 0 Å². The molecule has 0 spiro atoms. The Morgan fingerprint density at radius 2 is 1.67 bits per heavy atom. The Hall–Kier alpha value is -1.45. The van der Waals surface area contributed by atoms with Crippen LogP contribution in [0, 0.1) is 13.8 Å². The van der Waals surface area contributed by atoms with Crippen LogP contribution in [0.5, 0.6) is 0 Å². The summed E-state index contributed by atoms with van der Waals surface area (Å²) in [4.78, 5) is 9.29. The Labute approximate surface area is 131 Å². The van der Waals surface area contributed by atoms with Crippen molar-refractivity contribution in [3.05, 3.63) is 57.6 Å². The van der Waals surface area contributed by atoms with Crippen LogP contribution >= 0.6 is 11.6 Å². The first-order chi connectivity index (χ1) is 10.1. The van der Waals surface area contributed by atoms with Crippen molar-refractivity contribution in [1.29, 1.82) is 0 Å². The van der Waals surface area contributed by atoms with Gasteiger partial charge in [-0.15, -0.1) is 0 Å². The Morgan fingerprint density at radius 3 is 2.24 bits per heavy atom. The van der Waals surface area contributed by atoms with Gasteiger partial charge in [-0.25, -0.2) is 9.97 Å². The van der Waals surface area contributed by atoms with Crippen LogP contribution in [-0.2, 0) is 13.0 Å². The molecule has 0 aliphatic heterocycles. The van der Waals surface area contributed by atoms with E-state index in [4.69, 9.17) is 11.6 Å². The van der Waals surface area contributed by atoms with Crippen molar-refractivity contribution < 1.29 is 0 Å². The molecule has 21 heavy (non-hydrogen) atoms. The van der Waals surface area contributed by atoms with Gasteiger partial charge in [-0.2, -0.15) is 0 Å². The molecule has 0 saturated carbocycles. The molecule has 0 atom stereocenters. The molecule has 4 heteroatoms. The third-order valence-corrected chi connectivity index (χ3v) is 3.72. The van der Waals surface area contributed by atoms with E-state index in [-0.39, 0.29) is 0 Å². The lowest BCUT2D eigenvalue weighted by Gasteiger charge is -2.11. The summed E-state index contributed by atoms with van der Waals surface area (Å²) in [5.41, 5.74) is 4.52. The number of aryl methyl sites for hydroxylation is 2. The zero-order valence-electron chi connectivity index (χ0n) is 12.9. The molecular formula is C17H22ClN3. The van der Waals surface area contributed by atoms with Crippen molar-refractivity contribution in [2.45, 2.75) is 40.2 Å². The van der Waals surface area contributed by atoms with Gasteiger partial charge >= 0.3 is 0 Å². The van der Waals surface area contributed by atoms with E-state index in [9.17, 15) is 0 Å². The highest BCUT2D eigenvalue weighted by molar-refractivity contribution is 6.30. The molecule has 1 N–H and O–H groups in total. The van der Waals surface area contributed by atoms with Gasteiger partial charge in [-0.05, 0) is 44.5 Å². The van der Waals surface area contributed by atoms with E-state index in [1.54, 1.807) is 0 Å². The molecule has 0 fully saturated rings. The first-order valence-corrected chi connectivity index (χ1v) is 7.76. The lowest BCUT2D eigenvalue weighted by molar-refractivity contribution is 0.662. The van der Waals surface area contributed by atoms with Gasteiger partial charge in [0.2, 0.25) is 0 Å². The van der Waals surface area contributed by atoms with Crippen LogP contribution in [0.4, 0.5) is 0 Å². The third-order valence-electron chi connectivity index (χ3n) is 3.47. The molecule has 2 rings (SSSR count). The second-order valence-electron chi connectivity index (χ2n) is 5.27. The number of hydrogen-bond donors (Lipinski definition) is 1. The van der Waals surface area contributed by atoms with E-state index in [2.05, 4.69) is 36.1 Å². The summed E-state index contributed by atoms with van der Waals surface area (Å²) in [7, 11) is 0. The van der Waals surface area contributed by atoms with Crippen LogP contribution in [0.25, 0.3) is 0 Å². The minimum Gasteiger partial charge on any atom is -0.313 e. The average Bonchev–Trinajstić information content (AvgIpc) is 2.44. The van der Waals surface area contributed by atoms with Crippen LogP contribution < -0.4 is 5.32 Å². The lowest BCUT2D eigenvalue weighted by atomic mass is 10.1. The number of benzene rings is 1. The number of hydrogen-bond acceptors (Lipinski definition) is 3. The van der Waals surface area contributed by atoms with Crippen LogP contribution in [0.15, 0.2) is 24.3 Å². The monoisotopic (exact) mass is 303 g/mol. The summed E-state index contributed by atoms with van der Waals surface area (Å²) < 4.78 is 0. The number of nitrogens with zero attached hydrogens (tertiary/aromatic N) is 2. The smallest absolute Gasteiger partial charge is 0.133 e. The van der Waals surface area contributed by atoms with Gasteiger partial charge < -0.3 is 5.32 Å². The number of halogens is 1. The Bertz CT molecular complexity index is 570. The van der Waals surface area contributed by atoms with Gasteiger partial charge in [-0.3, -0.25) is 0 Å². The summed E-state index contributed by atoms with van der Waals surface area (Å²) in [6.45, 7) is 8.14. The topological polar surface area (TPSA) is 37.8 Å². The van der Waals surface area contributed by atoms with Gasteiger partial charge in [-0.1, -0.05) is 30.7 Å². The van der Waals surface area contributed by atoms with Gasteiger partial charge in [0.15, 0.2) is 0 Å². The van der Waals surface area contributed by atoms with Crippen molar-refractivity contribution >= 4 is 11.6 Å². The van der Waals surface area contributed by atoms with Gasteiger partial charge in [0.1, 0.15) is 5.82 Å². The molecule has 0 aliphatic carbocycles. The van der Waals surface area contributed by atoms with E-state index in [0.717, 1.165) is 48.2 Å². The minimum atomic E-state index is 0.738. The SMILES string of the molecule is CCCNCc1c(C)nc(Cc2ccc(Cl)cc2)nc1C. The minimum absolute atomic E-state index is 0.738. The van der Waals surface area contributed by atoms with Crippen LogP contribution in [0.3, 0.4) is 0 Å². The van der Waals surface area contributed by atoms with Crippen LogP contribution in [0.2, 0.25) is 5.02 Å². The predicted molar refractivity (Wildman–Crippen MR) is 87.8 cm³/mol. The lowest BCUT2D eigenvalue weighted by Crippen LogP contribution is -2.17. The van der Waals surface area contributed by atoms with Crippen molar-refractivity contribution in [3.63, 3.8) is 0 Å². The van der Waals surface area contributed by atoms with Gasteiger partial charge in [0, 0.05) is 34.9 Å². The number of rotatable bonds is 6. The zero-order chi connectivity index (χ0) is 15.2. The fraction of sp³-hybridized carbons (Fsp3) is 0.412. The summed E-state index contributed by atoms with van der Waals surface area (Å²) in [6.07, 6.45) is 1.87. The van der Waals surface area contributed by atoms with Crippen LogP contribution in [0.1, 0.15) is 41.7 Å². The van der Waals surface area contributed by atoms with Crippen molar-refractivity contribution in [1.82, 2.24) is 15.3 Å². The van der Waals surface area contributed by atoms with E-state index in [0.29, 0.717) is 0 Å². The third kappa shape index (κ3) is 4.51. The molecule has 0 saturated heterocycles. The summed E-state index contributed by atoms with van der Waals surface area (Å²) in [5.74, 6) is 0.867. The normalized spacial score (nSPS) is 10.9. The predicted octanol–water partition coefficient (Wildman–Crippen LogP) is 3.84. The Balaban J connectivity index is 2.13. The molecule has 2 aromatic rings. The number of aromatic nitrogens is 2. The molecule has 1 aromatic heterocycles. The molecule has 0 aliphatic rings. The van der Waals surface area contributed by atoms with Crippen molar-refractivity contribution in [2.24, 2.45) is 0 Å². The largest absolute Gasteiger partial charge is 0.313 e. The molecule has 0 bridgehead atoms. The fourth-order valence-corrected chi connectivity index (χ4v) is 2.44. The Morgan fingerprint density at radius 1 is 1.05 bits per heavy atom. The molecule has 3 nitrogen and oxygen atoms in total. The molecule has 112 valence electrons. The maximum atomic E-state index is 5.91. The van der Waals surface area contributed by atoms with Gasteiger partial charge in [0.05, 0.1) is 0 Å². The number of nitrogens with one attached hydrogen (secondary N) is 1. The van der Waals surface area contributed by atoms with Gasteiger partial charge in [0.25, 0.3) is 0 Å². The first-order valence-electron chi connectivity index (χ1n) is 7.38. The van der Waals surface area contributed by atoms with Crippen LogP contribution in [-0.4, -0.2) is 16.5 Å². The summed E-state index contributed by atoms with van der Waals surface area (Å²) in [6, 6.07) is 7.85. The van der Waals surface area contributed by atoms with Crippen molar-refractivity contribution in [3.8, 4) is 0 Å². The molecular weight excluding hydrogens is 282 g/mol. The Kier molecular flexibility index (Phi) is 5.71. The fourth-order valence-electron chi connectivity index (χ4n) is 2.32. The second-order valence-corrected chi connectivity index (χ2v) is 5.71. The second kappa shape index (κ2) is 7.53. The molecule has 0 amide bonds. The van der Waals surface area contributed by atoms with E-state index in [1.807, 2.05) is 24.3 Å².